The largest absolute Gasteiger partial charge is 0.331 e. The van der Waals surface area contributed by atoms with Crippen molar-refractivity contribution in [1.29, 1.82) is 0 Å². The number of nitrogens with zero attached hydrogens (tertiary/aromatic N) is 6. The molecule has 7 heteroatoms. The van der Waals surface area contributed by atoms with Gasteiger partial charge in [0.15, 0.2) is 5.65 Å². The van der Waals surface area contributed by atoms with Gasteiger partial charge in [-0.25, -0.2) is 9.50 Å². The normalized spacial score (nSPS) is 17.6. The maximum absolute atomic E-state index is 13.3. The monoisotopic (exact) mass is 338 g/mol. The number of rotatable bonds is 2. The van der Waals surface area contributed by atoms with Gasteiger partial charge in [0.1, 0.15) is 5.56 Å². The van der Waals surface area contributed by atoms with Crippen LogP contribution >= 0.6 is 0 Å². The fourth-order valence-corrected chi connectivity index (χ4v) is 3.85. The molecule has 3 aromatic heterocycles. The first kappa shape index (κ1) is 15.8. The van der Waals surface area contributed by atoms with Crippen LogP contribution in [0.2, 0.25) is 0 Å². The summed E-state index contributed by atoms with van der Waals surface area (Å²) >= 11 is 0. The van der Waals surface area contributed by atoms with Crippen molar-refractivity contribution in [2.24, 2.45) is 7.05 Å². The summed E-state index contributed by atoms with van der Waals surface area (Å²) in [5, 5.41) is 8.80. The summed E-state index contributed by atoms with van der Waals surface area (Å²) in [5.74, 6) is -0.00162. The summed E-state index contributed by atoms with van der Waals surface area (Å²) in [5.41, 5.74) is 5.35. The van der Waals surface area contributed by atoms with E-state index in [2.05, 4.69) is 22.1 Å². The molecule has 130 valence electrons. The molecule has 1 saturated heterocycles. The van der Waals surface area contributed by atoms with E-state index in [9.17, 15) is 4.79 Å². The summed E-state index contributed by atoms with van der Waals surface area (Å²) in [6, 6.07) is 1.95. The Bertz CT molecular complexity index is 970. The topological polar surface area (TPSA) is 68.3 Å². The number of carbonyl (C=O) groups is 1. The predicted octanol–water partition coefficient (Wildman–Crippen LogP) is 2.37. The van der Waals surface area contributed by atoms with Gasteiger partial charge in [0.25, 0.3) is 5.91 Å². The average molecular weight is 338 g/mol. The molecule has 25 heavy (non-hydrogen) atoms. The van der Waals surface area contributed by atoms with Gasteiger partial charge >= 0.3 is 0 Å². The van der Waals surface area contributed by atoms with Crippen molar-refractivity contribution >= 4 is 11.6 Å². The summed E-state index contributed by atoms with van der Waals surface area (Å²) in [6.45, 7) is 6.75. The smallest absolute Gasteiger partial charge is 0.259 e. The highest BCUT2D eigenvalue weighted by Crippen LogP contribution is 2.36. The van der Waals surface area contributed by atoms with E-state index >= 15 is 0 Å². The number of likely N-dealkylation sites (tertiary alicyclic amines) is 1. The lowest BCUT2D eigenvalue weighted by Crippen LogP contribution is -2.31. The Morgan fingerprint density at radius 1 is 1.28 bits per heavy atom. The van der Waals surface area contributed by atoms with E-state index in [0.29, 0.717) is 11.2 Å². The molecular formula is C18H22N6O. The van der Waals surface area contributed by atoms with Crippen LogP contribution in [0.15, 0.2) is 18.5 Å². The minimum absolute atomic E-state index is 0.00162. The summed E-state index contributed by atoms with van der Waals surface area (Å²) < 4.78 is 3.55. The molecule has 0 aromatic carbocycles. The van der Waals surface area contributed by atoms with E-state index < -0.39 is 0 Å². The Balaban J connectivity index is 1.74. The number of hydrogen-bond donors (Lipinski definition) is 0. The molecule has 4 rings (SSSR count). The molecule has 0 spiro atoms. The maximum Gasteiger partial charge on any atom is 0.259 e. The van der Waals surface area contributed by atoms with Crippen LogP contribution in [0.3, 0.4) is 0 Å². The minimum Gasteiger partial charge on any atom is -0.331 e. The lowest BCUT2D eigenvalue weighted by molar-refractivity contribution is 0.0736. The Labute approximate surface area is 146 Å². The first-order valence-electron chi connectivity index (χ1n) is 8.59. The fraction of sp³-hybridized carbons (Fsp3) is 0.444. The maximum atomic E-state index is 13.3. The van der Waals surface area contributed by atoms with Crippen molar-refractivity contribution < 1.29 is 4.79 Å². The standard InChI is InChI=1S/C18H22N6O/c1-11-7-9-24-17(20-11)14(10-19-24)18(25)23-8-5-6-15(23)16-12(2)21-22(4)13(16)3/h7,9-10,15H,5-6,8H2,1-4H3. The zero-order chi connectivity index (χ0) is 17.7. The molecule has 4 heterocycles. The number of carbonyl (C=O) groups excluding carboxylic acids is 1. The summed E-state index contributed by atoms with van der Waals surface area (Å²) in [7, 11) is 1.95. The van der Waals surface area contributed by atoms with Gasteiger partial charge in [-0.3, -0.25) is 9.48 Å². The third-order valence-electron chi connectivity index (χ3n) is 5.15. The van der Waals surface area contributed by atoms with Crippen molar-refractivity contribution in [2.45, 2.75) is 39.7 Å². The molecule has 1 fully saturated rings. The van der Waals surface area contributed by atoms with E-state index in [0.717, 1.165) is 36.5 Å². The van der Waals surface area contributed by atoms with Gasteiger partial charge in [-0.15, -0.1) is 0 Å². The van der Waals surface area contributed by atoms with Gasteiger partial charge in [0, 0.05) is 36.7 Å². The summed E-state index contributed by atoms with van der Waals surface area (Å²) in [6.07, 6.45) is 5.42. The SMILES string of the molecule is Cc1ccn2ncc(C(=O)N3CCCC3c3c(C)nn(C)c3C)c2n1. The van der Waals surface area contributed by atoms with E-state index in [4.69, 9.17) is 0 Å². The van der Waals surface area contributed by atoms with Crippen LogP contribution < -0.4 is 0 Å². The molecule has 0 N–H and O–H groups in total. The van der Waals surface area contributed by atoms with Gasteiger partial charge in [-0.2, -0.15) is 10.2 Å². The quantitative estimate of drug-likeness (QED) is 0.719. The van der Waals surface area contributed by atoms with Crippen molar-refractivity contribution in [3.63, 3.8) is 0 Å². The first-order valence-corrected chi connectivity index (χ1v) is 8.59. The Hall–Kier alpha value is -2.70. The summed E-state index contributed by atoms with van der Waals surface area (Å²) in [4.78, 5) is 19.7. The van der Waals surface area contributed by atoms with Crippen LogP contribution in [-0.4, -0.2) is 41.7 Å². The highest BCUT2D eigenvalue weighted by atomic mass is 16.2. The van der Waals surface area contributed by atoms with Crippen LogP contribution in [0.25, 0.3) is 5.65 Å². The number of amides is 1. The van der Waals surface area contributed by atoms with Crippen LogP contribution in [0, 0.1) is 20.8 Å². The molecule has 1 unspecified atom stereocenters. The number of fused-ring (bicyclic) bond motifs is 1. The van der Waals surface area contributed by atoms with Crippen molar-refractivity contribution in [3.05, 3.63) is 46.7 Å². The molecule has 1 aliphatic heterocycles. The molecule has 0 bridgehead atoms. The molecule has 1 amide bonds. The second-order valence-corrected chi connectivity index (χ2v) is 6.76. The van der Waals surface area contributed by atoms with Crippen molar-refractivity contribution in [2.75, 3.05) is 6.54 Å². The molecule has 7 nitrogen and oxygen atoms in total. The van der Waals surface area contributed by atoms with Crippen molar-refractivity contribution in [1.82, 2.24) is 29.3 Å². The Morgan fingerprint density at radius 3 is 2.80 bits per heavy atom. The zero-order valence-corrected chi connectivity index (χ0v) is 15.0. The van der Waals surface area contributed by atoms with E-state index in [1.165, 1.54) is 5.56 Å². The molecule has 0 aliphatic carbocycles. The molecule has 3 aromatic rings. The second-order valence-electron chi connectivity index (χ2n) is 6.76. The Morgan fingerprint density at radius 2 is 2.08 bits per heavy atom. The Kier molecular flexibility index (Phi) is 3.59. The predicted molar refractivity (Wildman–Crippen MR) is 93.4 cm³/mol. The average Bonchev–Trinajstić information content (AvgIpc) is 3.25. The van der Waals surface area contributed by atoms with E-state index in [1.807, 2.05) is 42.7 Å². The highest BCUT2D eigenvalue weighted by Gasteiger charge is 2.35. The second kappa shape index (κ2) is 5.68. The zero-order valence-electron chi connectivity index (χ0n) is 15.0. The third-order valence-corrected chi connectivity index (χ3v) is 5.15. The van der Waals surface area contributed by atoms with Crippen molar-refractivity contribution in [3.8, 4) is 0 Å². The van der Waals surface area contributed by atoms with Gasteiger partial charge in [-0.05, 0) is 39.7 Å². The van der Waals surface area contributed by atoms with Crippen LogP contribution in [0.1, 0.15) is 51.9 Å². The van der Waals surface area contributed by atoms with Gasteiger partial charge < -0.3 is 4.90 Å². The van der Waals surface area contributed by atoms with Gasteiger partial charge in [0.2, 0.25) is 0 Å². The number of aromatic nitrogens is 5. The molecule has 1 atom stereocenters. The molecule has 0 radical (unpaired) electrons. The van der Waals surface area contributed by atoms with Crippen LogP contribution in [-0.2, 0) is 7.05 Å². The van der Waals surface area contributed by atoms with E-state index in [-0.39, 0.29) is 11.9 Å². The van der Waals surface area contributed by atoms with Gasteiger partial charge in [-0.1, -0.05) is 0 Å². The third kappa shape index (κ3) is 2.42. The van der Waals surface area contributed by atoms with E-state index in [1.54, 1.807) is 10.7 Å². The fourth-order valence-electron chi connectivity index (χ4n) is 3.85. The lowest BCUT2D eigenvalue weighted by Gasteiger charge is -2.25. The molecule has 0 saturated carbocycles. The lowest BCUT2D eigenvalue weighted by atomic mass is 10.0. The minimum atomic E-state index is -0.00162. The molecular weight excluding hydrogens is 316 g/mol. The molecule has 1 aliphatic rings. The highest BCUT2D eigenvalue weighted by molar-refractivity contribution is 6.00. The first-order chi connectivity index (χ1) is 12.0. The number of aryl methyl sites for hydroxylation is 3. The number of hydrogen-bond acceptors (Lipinski definition) is 4. The van der Waals surface area contributed by atoms with Crippen LogP contribution in [0.5, 0.6) is 0 Å². The van der Waals surface area contributed by atoms with Crippen LogP contribution in [0.4, 0.5) is 0 Å². The van der Waals surface area contributed by atoms with Gasteiger partial charge in [0.05, 0.1) is 17.9 Å².